The normalized spacial score (nSPS) is 21.9. The van der Waals surface area contributed by atoms with Gasteiger partial charge in [0.15, 0.2) is 0 Å². The molecule has 5 nitrogen and oxygen atoms in total. The second kappa shape index (κ2) is 5.10. The van der Waals surface area contributed by atoms with Gasteiger partial charge in [-0.25, -0.2) is 4.98 Å². The molecule has 1 fully saturated rings. The molecule has 0 bridgehead atoms. The van der Waals surface area contributed by atoms with Gasteiger partial charge in [0, 0.05) is 37.9 Å². The third-order valence-corrected chi connectivity index (χ3v) is 3.87. The molecule has 0 saturated carbocycles. The summed E-state index contributed by atoms with van der Waals surface area (Å²) < 4.78 is 2.02. The van der Waals surface area contributed by atoms with Crippen LogP contribution < -0.4 is 5.73 Å². The predicted molar refractivity (Wildman–Crippen MR) is 70.2 cm³/mol. The lowest BCUT2D eigenvalue weighted by Crippen LogP contribution is -2.27. The van der Waals surface area contributed by atoms with E-state index in [0.29, 0.717) is 12.5 Å². The Morgan fingerprint density at radius 3 is 2.78 bits per heavy atom. The van der Waals surface area contributed by atoms with Crippen LogP contribution in [0.5, 0.6) is 0 Å². The van der Waals surface area contributed by atoms with Crippen molar-refractivity contribution in [1.29, 1.82) is 0 Å². The van der Waals surface area contributed by atoms with Gasteiger partial charge in [-0.3, -0.25) is 4.79 Å². The average Bonchev–Trinajstić information content (AvgIpc) is 2.89. The van der Waals surface area contributed by atoms with Crippen molar-refractivity contribution in [2.45, 2.75) is 32.2 Å². The summed E-state index contributed by atoms with van der Waals surface area (Å²) >= 11 is 0. The third-order valence-electron chi connectivity index (χ3n) is 3.87. The maximum atomic E-state index is 12.1. The number of nitrogens with zero attached hydrogens (tertiary/aromatic N) is 3. The fourth-order valence-corrected chi connectivity index (χ4v) is 2.66. The molecule has 2 atom stereocenters. The first kappa shape index (κ1) is 13.1. The lowest BCUT2D eigenvalue weighted by Gasteiger charge is -2.23. The molecule has 0 aromatic carbocycles. The summed E-state index contributed by atoms with van der Waals surface area (Å²) in [7, 11) is 1.85. The first-order valence-electron chi connectivity index (χ1n) is 6.53. The zero-order valence-corrected chi connectivity index (χ0v) is 11.3. The highest BCUT2D eigenvalue weighted by Gasteiger charge is 2.33. The van der Waals surface area contributed by atoms with Gasteiger partial charge in [0.2, 0.25) is 5.91 Å². The summed E-state index contributed by atoms with van der Waals surface area (Å²) in [5.41, 5.74) is 6.94. The molecular weight excluding hydrogens is 228 g/mol. The van der Waals surface area contributed by atoms with Crippen LogP contribution in [0.25, 0.3) is 0 Å². The van der Waals surface area contributed by atoms with Crippen molar-refractivity contribution in [3.05, 3.63) is 18.2 Å². The number of likely N-dealkylation sites (N-methyl/N-ethyl adjacent to an activating group) is 1. The van der Waals surface area contributed by atoms with Crippen LogP contribution in [0.3, 0.4) is 0 Å². The molecule has 1 aliphatic heterocycles. The topological polar surface area (TPSA) is 64.2 Å². The summed E-state index contributed by atoms with van der Waals surface area (Å²) in [6.45, 7) is 5.70. The van der Waals surface area contributed by atoms with Crippen LogP contribution in [0.1, 0.15) is 37.9 Å². The summed E-state index contributed by atoms with van der Waals surface area (Å²) in [6, 6.07) is -0.0969. The number of likely N-dealkylation sites (tertiary alicyclic amines) is 1. The minimum absolute atomic E-state index is 0.0969. The summed E-state index contributed by atoms with van der Waals surface area (Å²) in [5, 5.41) is 0. The minimum Gasteiger partial charge on any atom is -0.344 e. The summed E-state index contributed by atoms with van der Waals surface area (Å²) in [6.07, 6.45) is 4.47. The summed E-state index contributed by atoms with van der Waals surface area (Å²) in [4.78, 5) is 18.1. The first-order valence-corrected chi connectivity index (χ1v) is 6.53. The Morgan fingerprint density at radius 2 is 2.28 bits per heavy atom. The number of hydrogen-bond acceptors (Lipinski definition) is 3. The van der Waals surface area contributed by atoms with Gasteiger partial charge in [-0.2, -0.15) is 0 Å². The number of carbonyl (C=O) groups is 1. The highest BCUT2D eigenvalue weighted by atomic mass is 16.2. The van der Waals surface area contributed by atoms with Crippen LogP contribution in [0, 0.1) is 5.92 Å². The van der Waals surface area contributed by atoms with Gasteiger partial charge in [-0.05, 0) is 12.3 Å². The van der Waals surface area contributed by atoms with Gasteiger partial charge in [0.05, 0.1) is 6.33 Å². The van der Waals surface area contributed by atoms with Gasteiger partial charge in [0.25, 0.3) is 0 Å². The van der Waals surface area contributed by atoms with Crippen LogP contribution in [0.2, 0.25) is 0 Å². The van der Waals surface area contributed by atoms with Gasteiger partial charge in [-0.1, -0.05) is 13.8 Å². The van der Waals surface area contributed by atoms with Crippen molar-refractivity contribution in [2.24, 2.45) is 11.7 Å². The highest BCUT2D eigenvalue weighted by Crippen LogP contribution is 2.29. The van der Waals surface area contributed by atoms with Crippen LogP contribution in [0.4, 0.5) is 0 Å². The Bertz CT molecular complexity index is 426. The number of imidazole rings is 1. The predicted octanol–water partition coefficient (Wildman–Crippen LogP) is 0.985. The molecule has 100 valence electrons. The molecular formula is C13H22N4O. The second-order valence-electron chi connectivity index (χ2n) is 5.38. The number of amides is 1. The van der Waals surface area contributed by atoms with Gasteiger partial charge >= 0.3 is 0 Å². The fraction of sp³-hybridized carbons (Fsp3) is 0.692. The molecule has 2 N–H and O–H groups in total. The fourth-order valence-electron chi connectivity index (χ4n) is 2.66. The SMILES string of the molecule is CC(C)C(CN)c1cncn1C1CCN(C)C1=O. The standard InChI is InChI=1S/C13H22N4O/c1-9(2)10(6-14)12-7-15-8-17(12)11-4-5-16(3)13(11)18/h7-11H,4-6,14H2,1-3H3. The second-order valence-corrected chi connectivity index (χ2v) is 5.38. The molecule has 2 unspecified atom stereocenters. The molecule has 1 aliphatic rings. The van der Waals surface area contributed by atoms with E-state index in [0.717, 1.165) is 18.7 Å². The van der Waals surface area contributed by atoms with Crippen molar-refractivity contribution < 1.29 is 4.79 Å². The Morgan fingerprint density at radius 1 is 1.56 bits per heavy atom. The largest absolute Gasteiger partial charge is 0.344 e. The number of hydrogen-bond donors (Lipinski definition) is 1. The van der Waals surface area contributed by atoms with E-state index in [1.807, 2.05) is 17.8 Å². The molecule has 2 rings (SSSR count). The van der Waals surface area contributed by atoms with E-state index < -0.39 is 0 Å². The van der Waals surface area contributed by atoms with E-state index in [1.165, 1.54) is 0 Å². The van der Waals surface area contributed by atoms with E-state index in [2.05, 4.69) is 18.8 Å². The quantitative estimate of drug-likeness (QED) is 0.866. The van der Waals surface area contributed by atoms with E-state index in [-0.39, 0.29) is 17.9 Å². The third kappa shape index (κ3) is 2.14. The number of nitrogens with two attached hydrogens (primary N) is 1. The van der Waals surface area contributed by atoms with Crippen molar-refractivity contribution in [1.82, 2.24) is 14.5 Å². The van der Waals surface area contributed by atoms with Crippen LogP contribution in [0.15, 0.2) is 12.5 Å². The molecule has 2 heterocycles. The van der Waals surface area contributed by atoms with Crippen molar-refractivity contribution in [3.63, 3.8) is 0 Å². The smallest absolute Gasteiger partial charge is 0.245 e. The maximum absolute atomic E-state index is 12.1. The molecule has 1 amide bonds. The van der Waals surface area contributed by atoms with Crippen molar-refractivity contribution in [3.8, 4) is 0 Å². The molecule has 0 spiro atoms. The molecule has 0 aliphatic carbocycles. The Hall–Kier alpha value is -1.36. The maximum Gasteiger partial charge on any atom is 0.245 e. The Kier molecular flexibility index (Phi) is 3.71. The Balaban J connectivity index is 2.30. The molecule has 5 heteroatoms. The highest BCUT2D eigenvalue weighted by molar-refractivity contribution is 5.82. The minimum atomic E-state index is -0.0969. The van der Waals surface area contributed by atoms with Gasteiger partial charge in [0.1, 0.15) is 6.04 Å². The van der Waals surface area contributed by atoms with Crippen molar-refractivity contribution in [2.75, 3.05) is 20.1 Å². The number of carbonyl (C=O) groups excluding carboxylic acids is 1. The van der Waals surface area contributed by atoms with Crippen molar-refractivity contribution >= 4 is 5.91 Å². The molecule has 0 radical (unpaired) electrons. The van der Waals surface area contributed by atoms with E-state index in [1.54, 1.807) is 11.2 Å². The first-order chi connectivity index (χ1) is 8.56. The number of aromatic nitrogens is 2. The van der Waals surface area contributed by atoms with E-state index >= 15 is 0 Å². The lowest BCUT2D eigenvalue weighted by molar-refractivity contribution is -0.129. The summed E-state index contributed by atoms with van der Waals surface area (Å²) in [5.74, 6) is 0.875. The van der Waals surface area contributed by atoms with E-state index in [9.17, 15) is 4.79 Å². The molecule has 1 aromatic heterocycles. The van der Waals surface area contributed by atoms with Crippen LogP contribution in [-0.2, 0) is 4.79 Å². The lowest BCUT2D eigenvalue weighted by atomic mass is 9.92. The molecule has 1 aromatic rings. The van der Waals surface area contributed by atoms with Crippen LogP contribution >= 0.6 is 0 Å². The van der Waals surface area contributed by atoms with Gasteiger partial charge in [-0.15, -0.1) is 0 Å². The Labute approximate surface area is 108 Å². The monoisotopic (exact) mass is 250 g/mol. The average molecular weight is 250 g/mol. The number of rotatable bonds is 4. The molecule has 1 saturated heterocycles. The van der Waals surface area contributed by atoms with E-state index in [4.69, 9.17) is 5.73 Å². The molecule has 18 heavy (non-hydrogen) atoms. The van der Waals surface area contributed by atoms with Crippen LogP contribution in [-0.4, -0.2) is 40.5 Å². The zero-order valence-electron chi connectivity index (χ0n) is 11.3. The zero-order chi connectivity index (χ0) is 13.3. The van der Waals surface area contributed by atoms with Gasteiger partial charge < -0.3 is 15.2 Å².